The molecule has 156 valence electrons. The first-order chi connectivity index (χ1) is 14.5. The van der Waals surface area contributed by atoms with E-state index in [0.717, 1.165) is 46.1 Å². The number of hydrogen-bond acceptors (Lipinski definition) is 3. The van der Waals surface area contributed by atoms with E-state index in [9.17, 15) is 0 Å². The van der Waals surface area contributed by atoms with E-state index in [0.29, 0.717) is 12.6 Å². The Kier molecular flexibility index (Phi) is 7.17. The highest BCUT2D eigenvalue weighted by molar-refractivity contribution is 6.31. The molecule has 3 nitrogen and oxygen atoms in total. The Labute approximate surface area is 185 Å². The van der Waals surface area contributed by atoms with Crippen LogP contribution in [0.25, 0.3) is 0 Å². The maximum Gasteiger partial charge on any atom is 0.0955 e. The van der Waals surface area contributed by atoms with Gasteiger partial charge in [0.2, 0.25) is 0 Å². The average Bonchev–Trinajstić information content (AvgIpc) is 3.58. The second kappa shape index (κ2) is 9.82. The molecule has 1 aliphatic rings. The fourth-order valence-electron chi connectivity index (χ4n) is 3.80. The van der Waals surface area contributed by atoms with Gasteiger partial charge in [-0.25, -0.2) is 0 Å². The lowest BCUT2D eigenvalue weighted by Gasteiger charge is -2.38. The van der Waals surface area contributed by atoms with E-state index in [2.05, 4.69) is 60.2 Å². The minimum atomic E-state index is -0.154. The number of hydrogen-bond donors (Lipinski definition) is 1. The number of halogens is 1. The zero-order chi connectivity index (χ0) is 21.7. The van der Waals surface area contributed by atoms with Crippen molar-refractivity contribution in [2.45, 2.75) is 45.3 Å². The molecule has 0 radical (unpaired) electrons. The van der Waals surface area contributed by atoms with Crippen molar-refractivity contribution in [1.29, 1.82) is 0 Å². The molecule has 0 aromatic heterocycles. The van der Waals surface area contributed by atoms with E-state index in [-0.39, 0.29) is 6.04 Å². The number of allylic oxidation sites excluding steroid dienone is 1. The van der Waals surface area contributed by atoms with Crippen LogP contribution in [-0.4, -0.2) is 17.7 Å². The molecule has 1 unspecified atom stereocenters. The highest BCUT2D eigenvalue weighted by Gasteiger charge is 2.38. The lowest BCUT2D eigenvalue weighted by Crippen LogP contribution is -2.36. The van der Waals surface area contributed by atoms with Gasteiger partial charge in [-0.3, -0.25) is 4.99 Å². The standard InChI is InChI=1S/C26H30ClN3/c1-6-24(28-5)20(4)30(22-15-16-22)26(25-18(2)11-10-14-23(25)27)19(3)29-17-21-12-8-7-9-13-21/h6-14,22,26,29H,3-5,15-17H2,1-2H3/b24-6-. The topological polar surface area (TPSA) is 27.6 Å². The summed E-state index contributed by atoms with van der Waals surface area (Å²) in [6.07, 6.45) is 4.17. The summed E-state index contributed by atoms with van der Waals surface area (Å²) >= 11 is 6.73. The lowest BCUT2D eigenvalue weighted by atomic mass is 9.96. The summed E-state index contributed by atoms with van der Waals surface area (Å²) in [5, 5.41) is 4.27. The summed E-state index contributed by atoms with van der Waals surface area (Å²) < 4.78 is 0. The van der Waals surface area contributed by atoms with Gasteiger partial charge in [0.1, 0.15) is 0 Å². The van der Waals surface area contributed by atoms with Crippen molar-refractivity contribution in [2.24, 2.45) is 4.99 Å². The number of nitrogens with one attached hydrogen (secondary N) is 1. The predicted octanol–water partition coefficient (Wildman–Crippen LogP) is 6.58. The third kappa shape index (κ3) is 4.85. The molecule has 0 saturated heterocycles. The summed E-state index contributed by atoms with van der Waals surface area (Å²) in [5.41, 5.74) is 5.91. The van der Waals surface area contributed by atoms with E-state index in [1.807, 2.05) is 43.3 Å². The Hall–Kier alpha value is -2.78. The van der Waals surface area contributed by atoms with Crippen LogP contribution in [0.1, 0.15) is 42.5 Å². The smallest absolute Gasteiger partial charge is 0.0955 e. The molecule has 1 aliphatic carbocycles. The summed E-state index contributed by atoms with van der Waals surface area (Å²) in [7, 11) is 0. The minimum absolute atomic E-state index is 0.154. The van der Waals surface area contributed by atoms with E-state index in [1.165, 1.54) is 5.56 Å². The molecule has 1 fully saturated rings. The first kappa shape index (κ1) is 21.9. The van der Waals surface area contributed by atoms with Crippen molar-refractivity contribution in [3.05, 3.63) is 107 Å². The van der Waals surface area contributed by atoms with Gasteiger partial charge < -0.3 is 10.2 Å². The van der Waals surface area contributed by atoms with Crippen LogP contribution in [0.3, 0.4) is 0 Å². The van der Waals surface area contributed by atoms with Crippen LogP contribution in [0, 0.1) is 6.92 Å². The average molecular weight is 420 g/mol. The molecule has 1 N–H and O–H groups in total. The predicted molar refractivity (Wildman–Crippen MR) is 129 cm³/mol. The van der Waals surface area contributed by atoms with Crippen LogP contribution in [0.15, 0.2) is 89.8 Å². The fourth-order valence-corrected chi connectivity index (χ4v) is 4.13. The molecule has 1 atom stereocenters. The van der Waals surface area contributed by atoms with Crippen molar-refractivity contribution in [1.82, 2.24) is 10.2 Å². The Morgan fingerprint density at radius 2 is 1.90 bits per heavy atom. The van der Waals surface area contributed by atoms with Crippen molar-refractivity contribution in [3.8, 4) is 0 Å². The van der Waals surface area contributed by atoms with Gasteiger partial charge in [-0.05, 0) is 50.6 Å². The molecule has 2 aromatic rings. The second-order valence-electron chi connectivity index (χ2n) is 7.65. The number of benzene rings is 2. The van der Waals surface area contributed by atoms with Gasteiger partial charge in [0.05, 0.1) is 17.4 Å². The fraction of sp³-hybridized carbons (Fsp3) is 0.269. The van der Waals surface area contributed by atoms with Gasteiger partial charge >= 0.3 is 0 Å². The van der Waals surface area contributed by atoms with Crippen LogP contribution >= 0.6 is 11.6 Å². The van der Waals surface area contributed by atoms with Crippen molar-refractivity contribution < 1.29 is 0 Å². The van der Waals surface area contributed by atoms with Gasteiger partial charge in [0.15, 0.2) is 0 Å². The van der Waals surface area contributed by atoms with Crippen LogP contribution < -0.4 is 5.32 Å². The largest absolute Gasteiger partial charge is 0.383 e. The Balaban J connectivity index is 2.01. The maximum atomic E-state index is 6.73. The highest BCUT2D eigenvalue weighted by Crippen LogP contribution is 2.44. The van der Waals surface area contributed by atoms with Crippen LogP contribution in [0.2, 0.25) is 5.02 Å². The highest BCUT2D eigenvalue weighted by atomic mass is 35.5. The molecular weight excluding hydrogens is 390 g/mol. The molecule has 2 aromatic carbocycles. The molecule has 0 bridgehead atoms. The number of aryl methyl sites for hydroxylation is 1. The zero-order valence-electron chi connectivity index (χ0n) is 17.9. The SMILES string of the molecule is C=N/C(=C\C)C(=C)N(C1CC1)C(C(=C)NCc1ccccc1)c1c(C)cccc1Cl. The van der Waals surface area contributed by atoms with Crippen LogP contribution in [0.5, 0.6) is 0 Å². The third-order valence-corrected chi connectivity index (χ3v) is 5.84. The van der Waals surface area contributed by atoms with E-state index >= 15 is 0 Å². The first-order valence-corrected chi connectivity index (χ1v) is 10.7. The Bertz CT molecular complexity index is 937. The normalized spacial score (nSPS) is 14.7. The minimum Gasteiger partial charge on any atom is -0.383 e. The molecule has 3 rings (SSSR count). The third-order valence-electron chi connectivity index (χ3n) is 5.51. The molecular formula is C26H30ClN3. The number of nitrogens with zero attached hydrogens (tertiary/aromatic N) is 2. The maximum absolute atomic E-state index is 6.73. The molecule has 4 heteroatoms. The summed E-state index contributed by atoms with van der Waals surface area (Å²) in [6.45, 7) is 17.3. The van der Waals surface area contributed by atoms with E-state index < -0.39 is 0 Å². The zero-order valence-corrected chi connectivity index (χ0v) is 18.6. The lowest BCUT2D eigenvalue weighted by molar-refractivity contribution is 0.271. The van der Waals surface area contributed by atoms with Gasteiger partial charge in [0.25, 0.3) is 0 Å². The summed E-state index contributed by atoms with van der Waals surface area (Å²) in [5.74, 6) is 0. The van der Waals surface area contributed by atoms with Gasteiger partial charge in [0, 0.05) is 28.9 Å². The Morgan fingerprint density at radius 3 is 2.47 bits per heavy atom. The van der Waals surface area contributed by atoms with Crippen LogP contribution in [-0.2, 0) is 6.54 Å². The van der Waals surface area contributed by atoms with Gasteiger partial charge in [-0.1, -0.05) is 73.3 Å². The first-order valence-electron chi connectivity index (χ1n) is 10.3. The van der Waals surface area contributed by atoms with Gasteiger partial charge in [-0.15, -0.1) is 0 Å². The summed E-state index contributed by atoms with van der Waals surface area (Å²) in [6, 6.07) is 16.6. The molecule has 0 amide bonds. The molecule has 0 heterocycles. The molecule has 30 heavy (non-hydrogen) atoms. The molecule has 0 aliphatic heterocycles. The van der Waals surface area contributed by atoms with Crippen molar-refractivity contribution >= 4 is 18.3 Å². The van der Waals surface area contributed by atoms with E-state index in [1.54, 1.807) is 0 Å². The van der Waals surface area contributed by atoms with E-state index in [4.69, 9.17) is 11.6 Å². The van der Waals surface area contributed by atoms with Crippen LogP contribution in [0.4, 0.5) is 0 Å². The number of rotatable bonds is 10. The second-order valence-corrected chi connectivity index (χ2v) is 8.06. The Morgan fingerprint density at radius 1 is 1.20 bits per heavy atom. The quantitative estimate of drug-likeness (QED) is 0.348. The monoisotopic (exact) mass is 419 g/mol. The van der Waals surface area contributed by atoms with Crippen molar-refractivity contribution in [3.63, 3.8) is 0 Å². The summed E-state index contributed by atoms with van der Waals surface area (Å²) in [4.78, 5) is 6.52. The van der Waals surface area contributed by atoms with Gasteiger partial charge in [-0.2, -0.15) is 0 Å². The number of aliphatic imine (C=N–C) groups is 1. The van der Waals surface area contributed by atoms with Crippen molar-refractivity contribution in [2.75, 3.05) is 0 Å². The molecule has 1 saturated carbocycles. The molecule has 0 spiro atoms.